The summed E-state index contributed by atoms with van der Waals surface area (Å²) in [7, 11) is 1.83. The van der Waals surface area contributed by atoms with Gasteiger partial charge in [0, 0.05) is 32.6 Å². The molecule has 2 N–H and O–H groups in total. The largest absolute Gasteiger partial charge is 0.363 e. The monoisotopic (exact) mass is 229 g/mol. The number of nitrogens with zero attached hydrogens (tertiary/aromatic N) is 1. The zero-order valence-electron chi connectivity index (χ0n) is 9.38. The highest BCUT2D eigenvalue weighted by atomic mass is 32.1. The summed E-state index contributed by atoms with van der Waals surface area (Å²) in [5, 5.41) is 7.05. The van der Waals surface area contributed by atoms with E-state index in [0.717, 1.165) is 25.9 Å². The molecule has 0 radical (unpaired) electrons. The zero-order valence-corrected chi connectivity index (χ0v) is 10.2. The number of thiocarbonyl (C=S) groups is 1. The standard InChI is InChI=1S/C10H19N3OS/c1-3-6-11-10(15)12-8-4-5-9(14)13(2)7-8/h8H,3-7H2,1-2H3,(H2,11,12,15). The zero-order chi connectivity index (χ0) is 11.3. The SMILES string of the molecule is CCCNC(=S)NC1CCC(=O)N(C)C1. The van der Waals surface area contributed by atoms with Gasteiger partial charge in [-0.05, 0) is 25.1 Å². The molecule has 4 nitrogen and oxygen atoms in total. The molecule has 1 rings (SSSR count). The van der Waals surface area contributed by atoms with E-state index >= 15 is 0 Å². The number of piperidine rings is 1. The molecule has 0 bridgehead atoms. The number of carbonyl (C=O) groups is 1. The molecule has 1 amide bonds. The number of carbonyl (C=O) groups excluding carboxylic acids is 1. The van der Waals surface area contributed by atoms with Gasteiger partial charge in [0.15, 0.2) is 5.11 Å². The van der Waals surface area contributed by atoms with E-state index in [2.05, 4.69) is 17.6 Å². The third-order valence-electron chi connectivity index (χ3n) is 2.50. The Morgan fingerprint density at radius 2 is 2.40 bits per heavy atom. The van der Waals surface area contributed by atoms with Crippen LogP contribution in [0.15, 0.2) is 0 Å². The molecule has 1 unspecified atom stereocenters. The van der Waals surface area contributed by atoms with E-state index in [1.165, 1.54) is 0 Å². The lowest BCUT2D eigenvalue weighted by atomic mass is 10.1. The molecular formula is C10H19N3OS. The second-order valence-corrected chi connectivity index (χ2v) is 4.32. The summed E-state index contributed by atoms with van der Waals surface area (Å²) in [4.78, 5) is 13.0. The van der Waals surface area contributed by atoms with Crippen molar-refractivity contribution in [2.45, 2.75) is 32.2 Å². The molecule has 0 aromatic rings. The predicted octanol–water partition coefficient (Wildman–Crippen LogP) is 0.481. The Labute approximate surface area is 96.4 Å². The molecule has 0 aromatic heterocycles. The van der Waals surface area contributed by atoms with E-state index in [4.69, 9.17) is 12.2 Å². The number of likely N-dealkylation sites (tertiary alicyclic amines) is 1. The topological polar surface area (TPSA) is 44.4 Å². The maximum atomic E-state index is 11.2. The van der Waals surface area contributed by atoms with Crippen molar-refractivity contribution in [2.75, 3.05) is 20.1 Å². The lowest BCUT2D eigenvalue weighted by Gasteiger charge is -2.30. The summed E-state index contributed by atoms with van der Waals surface area (Å²) < 4.78 is 0. The van der Waals surface area contributed by atoms with E-state index in [-0.39, 0.29) is 5.91 Å². The molecule has 5 heteroatoms. The van der Waals surface area contributed by atoms with Gasteiger partial charge in [-0.2, -0.15) is 0 Å². The molecule has 1 saturated heterocycles. The Hall–Kier alpha value is -0.840. The predicted molar refractivity (Wildman–Crippen MR) is 64.7 cm³/mol. The van der Waals surface area contributed by atoms with Crippen molar-refractivity contribution in [1.29, 1.82) is 0 Å². The first kappa shape index (κ1) is 12.2. The van der Waals surface area contributed by atoms with Crippen molar-refractivity contribution in [1.82, 2.24) is 15.5 Å². The maximum Gasteiger partial charge on any atom is 0.222 e. The molecule has 1 aliphatic rings. The Morgan fingerprint density at radius 1 is 1.67 bits per heavy atom. The van der Waals surface area contributed by atoms with Crippen LogP contribution in [0.2, 0.25) is 0 Å². The van der Waals surface area contributed by atoms with Crippen LogP contribution in [0.25, 0.3) is 0 Å². The molecule has 1 heterocycles. The average molecular weight is 229 g/mol. The number of rotatable bonds is 3. The average Bonchev–Trinajstić information content (AvgIpc) is 2.20. The Bertz CT molecular complexity index is 245. The van der Waals surface area contributed by atoms with E-state index in [1.807, 2.05) is 7.05 Å². The Balaban J connectivity index is 2.27. The van der Waals surface area contributed by atoms with E-state index in [0.29, 0.717) is 17.6 Å². The van der Waals surface area contributed by atoms with Crippen LogP contribution < -0.4 is 10.6 Å². The summed E-state index contributed by atoms with van der Waals surface area (Å²) in [6.07, 6.45) is 2.55. The quantitative estimate of drug-likeness (QED) is 0.691. The normalized spacial score (nSPS) is 21.3. The van der Waals surface area contributed by atoms with E-state index in [1.54, 1.807) is 4.90 Å². The van der Waals surface area contributed by atoms with Crippen LogP contribution in [0, 0.1) is 0 Å². The highest BCUT2D eigenvalue weighted by Crippen LogP contribution is 2.09. The van der Waals surface area contributed by atoms with Gasteiger partial charge in [0.25, 0.3) is 0 Å². The summed E-state index contributed by atoms with van der Waals surface area (Å²) >= 11 is 5.14. The highest BCUT2D eigenvalue weighted by Gasteiger charge is 2.22. The van der Waals surface area contributed by atoms with Crippen molar-refractivity contribution in [3.8, 4) is 0 Å². The van der Waals surface area contributed by atoms with Crippen molar-refractivity contribution in [2.24, 2.45) is 0 Å². The fraction of sp³-hybridized carbons (Fsp3) is 0.800. The number of nitrogens with one attached hydrogen (secondary N) is 2. The smallest absolute Gasteiger partial charge is 0.222 e. The fourth-order valence-corrected chi connectivity index (χ4v) is 1.87. The summed E-state index contributed by atoms with van der Waals surface area (Å²) in [5.41, 5.74) is 0. The lowest BCUT2D eigenvalue weighted by molar-refractivity contribution is -0.132. The maximum absolute atomic E-state index is 11.2. The van der Waals surface area contributed by atoms with E-state index < -0.39 is 0 Å². The van der Waals surface area contributed by atoms with Gasteiger partial charge in [-0.3, -0.25) is 4.79 Å². The van der Waals surface area contributed by atoms with Crippen LogP contribution in [0.3, 0.4) is 0 Å². The van der Waals surface area contributed by atoms with Gasteiger partial charge >= 0.3 is 0 Å². The molecule has 0 aliphatic carbocycles. The molecule has 1 aliphatic heterocycles. The van der Waals surface area contributed by atoms with Gasteiger partial charge in [0.1, 0.15) is 0 Å². The minimum Gasteiger partial charge on any atom is -0.363 e. The molecule has 0 spiro atoms. The van der Waals surface area contributed by atoms with Gasteiger partial charge in [-0.25, -0.2) is 0 Å². The Morgan fingerprint density at radius 3 is 3.00 bits per heavy atom. The molecule has 0 aromatic carbocycles. The van der Waals surface area contributed by atoms with Crippen molar-refractivity contribution in [3.05, 3.63) is 0 Å². The van der Waals surface area contributed by atoms with Crippen LogP contribution in [-0.4, -0.2) is 42.1 Å². The van der Waals surface area contributed by atoms with Gasteiger partial charge in [-0.1, -0.05) is 6.92 Å². The second kappa shape index (κ2) is 5.90. The number of amides is 1. The van der Waals surface area contributed by atoms with Crippen molar-refractivity contribution in [3.63, 3.8) is 0 Å². The highest BCUT2D eigenvalue weighted by molar-refractivity contribution is 7.80. The van der Waals surface area contributed by atoms with Crippen molar-refractivity contribution >= 4 is 23.2 Å². The second-order valence-electron chi connectivity index (χ2n) is 3.91. The summed E-state index contributed by atoms with van der Waals surface area (Å²) in [6.45, 7) is 3.74. The van der Waals surface area contributed by atoms with Gasteiger partial charge < -0.3 is 15.5 Å². The van der Waals surface area contributed by atoms with Crippen molar-refractivity contribution < 1.29 is 4.79 Å². The molecule has 15 heavy (non-hydrogen) atoms. The fourth-order valence-electron chi connectivity index (χ4n) is 1.61. The first-order chi connectivity index (χ1) is 7.13. The number of hydrogen-bond acceptors (Lipinski definition) is 2. The summed E-state index contributed by atoms with van der Waals surface area (Å²) in [6, 6.07) is 0.296. The third kappa shape index (κ3) is 4.03. The lowest BCUT2D eigenvalue weighted by Crippen LogP contribution is -2.51. The van der Waals surface area contributed by atoms with Gasteiger partial charge in [0.05, 0.1) is 0 Å². The number of hydrogen-bond donors (Lipinski definition) is 2. The van der Waals surface area contributed by atoms with Gasteiger partial charge in [0.2, 0.25) is 5.91 Å². The first-order valence-corrected chi connectivity index (χ1v) is 5.82. The summed E-state index contributed by atoms with van der Waals surface area (Å²) in [5.74, 6) is 0.223. The molecule has 86 valence electrons. The van der Waals surface area contributed by atoms with Crippen LogP contribution in [0.4, 0.5) is 0 Å². The molecule has 1 fully saturated rings. The van der Waals surface area contributed by atoms with Crippen LogP contribution in [0.5, 0.6) is 0 Å². The molecular weight excluding hydrogens is 210 g/mol. The third-order valence-corrected chi connectivity index (χ3v) is 2.76. The first-order valence-electron chi connectivity index (χ1n) is 5.41. The van der Waals surface area contributed by atoms with Crippen LogP contribution in [-0.2, 0) is 4.79 Å². The minimum absolute atomic E-state index is 0.223. The van der Waals surface area contributed by atoms with Crippen LogP contribution in [0.1, 0.15) is 26.2 Å². The minimum atomic E-state index is 0.223. The molecule has 1 atom stereocenters. The van der Waals surface area contributed by atoms with Crippen LogP contribution >= 0.6 is 12.2 Å². The number of likely N-dealkylation sites (N-methyl/N-ethyl adjacent to an activating group) is 1. The Kier molecular flexibility index (Phi) is 4.81. The van der Waals surface area contributed by atoms with E-state index in [9.17, 15) is 4.79 Å². The molecule has 0 saturated carbocycles. The van der Waals surface area contributed by atoms with Gasteiger partial charge in [-0.15, -0.1) is 0 Å².